The van der Waals surface area contributed by atoms with Crippen LogP contribution in [-0.4, -0.2) is 41.0 Å². The molecule has 0 saturated carbocycles. The SMILES string of the molecule is CCc1ccc(C(c2ccccn2)N2CCNCC2)nc1. The molecule has 0 amide bonds. The first-order chi connectivity index (χ1) is 10.4. The molecule has 0 aromatic carbocycles. The van der Waals surface area contributed by atoms with Crippen LogP contribution in [0.4, 0.5) is 0 Å². The zero-order valence-electron chi connectivity index (χ0n) is 12.5. The second kappa shape index (κ2) is 6.78. The molecule has 4 nitrogen and oxygen atoms in total. The van der Waals surface area contributed by atoms with Gasteiger partial charge in [-0.2, -0.15) is 0 Å². The number of nitrogens with zero attached hydrogens (tertiary/aromatic N) is 3. The first kappa shape index (κ1) is 14.2. The molecule has 0 radical (unpaired) electrons. The van der Waals surface area contributed by atoms with E-state index in [2.05, 4.69) is 46.4 Å². The van der Waals surface area contributed by atoms with E-state index in [1.165, 1.54) is 5.56 Å². The quantitative estimate of drug-likeness (QED) is 0.931. The summed E-state index contributed by atoms with van der Waals surface area (Å²) in [5.41, 5.74) is 3.45. The fraction of sp³-hybridized carbons (Fsp3) is 0.412. The van der Waals surface area contributed by atoms with Gasteiger partial charge in [0.15, 0.2) is 0 Å². The molecule has 1 aliphatic rings. The van der Waals surface area contributed by atoms with E-state index in [1.807, 2.05) is 18.5 Å². The van der Waals surface area contributed by atoms with Crippen molar-refractivity contribution in [1.29, 1.82) is 0 Å². The van der Waals surface area contributed by atoms with Gasteiger partial charge in [0, 0.05) is 38.6 Å². The van der Waals surface area contributed by atoms with Gasteiger partial charge in [0.2, 0.25) is 0 Å². The van der Waals surface area contributed by atoms with Crippen molar-refractivity contribution in [2.75, 3.05) is 26.2 Å². The van der Waals surface area contributed by atoms with Gasteiger partial charge in [-0.25, -0.2) is 0 Å². The van der Waals surface area contributed by atoms with E-state index in [-0.39, 0.29) is 6.04 Å². The number of pyridine rings is 2. The van der Waals surface area contributed by atoms with Gasteiger partial charge in [-0.1, -0.05) is 19.1 Å². The zero-order valence-corrected chi connectivity index (χ0v) is 12.5. The Bertz CT molecular complexity index is 547. The average Bonchev–Trinajstić information content (AvgIpc) is 2.58. The number of nitrogens with one attached hydrogen (secondary N) is 1. The van der Waals surface area contributed by atoms with Gasteiger partial charge in [-0.3, -0.25) is 14.9 Å². The van der Waals surface area contributed by atoms with Gasteiger partial charge >= 0.3 is 0 Å². The molecule has 0 bridgehead atoms. The van der Waals surface area contributed by atoms with Gasteiger partial charge < -0.3 is 5.32 Å². The van der Waals surface area contributed by atoms with Crippen LogP contribution in [0.3, 0.4) is 0 Å². The summed E-state index contributed by atoms with van der Waals surface area (Å²) in [6.07, 6.45) is 4.88. The van der Waals surface area contributed by atoms with Crippen LogP contribution in [0, 0.1) is 0 Å². The first-order valence-corrected chi connectivity index (χ1v) is 7.69. The molecular formula is C17H22N4. The van der Waals surface area contributed by atoms with E-state index in [0.717, 1.165) is 44.0 Å². The number of aromatic nitrogens is 2. The number of aryl methyl sites for hydroxylation is 1. The summed E-state index contributed by atoms with van der Waals surface area (Å²) in [6, 6.07) is 10.6. The van der Waals surface area contributed by atoms with Gasteiger partial charge in [0.05, 0.1) is 17.4 Å². The molecule has 1 saturated heterocycles. The molecule has 1 aliphatic heterocycles. The Morgan fingerprint density at radius 1 is 1.10 bits per heavy atom. The topological polar surface area (TPSA) is 41.1 Å². The Hall–Kier alpha value is -1.78. The van der Waals surface area contributed by atoms with E-state index in [1.54, 1.807) is 0 Å². The molecule has 1 atom stereocenters. The predicted molar refractivity (Wildman–Crippen MR) is 84.1 cm³/mol. The number of hydrogen-bond acceptors (Lipinski definition) is 4. The van der Waals surface area contributed by atoms with Crippen molar-refractivity contribution in [1.82, 2.24) is 20.2 Å². The Labute approximate surface area is 126 Å². The van der Waals surface area contributed by atoms with Crippen molar-refractivity contribution in [2.45, 2.75) is 19.4 Å². The van der Waals surface area contributed by atoms with Crippen molar-refractivity contribution in [3.05, 3.63) is 59.7 Å². The van der Waals surface area contributed by atoms with Crippen LogP contribution in [0.15, 0.2) is 42.7 Å². The monoisotopic (exact) mass is 282 g/mol. The minimum atomic E-state index is 0.152. The molecule has 3 heterocycles. The summed E-state index contributed by atoms with van der Waals surface area (Å²) >= 11 is 0. The van der Waals surface area contributed by atoms with Crippen molar-refractivity contribution < 1.29 is 0 Å². The molecular weight excluding hydrogens is 260 g/mol. The highest BCUT2D eigenvalue weighted by molar-refractivity contribution is 5.24. The van der Waals surface area contributed by atoms with Gasteiger partial charge in [0.1, 0.15) is 0 Å². The smallest absolute Gasteiger partial charge is 0.0950 e. The molecule has 0 spiro atoms. The summed E-state index contributed by atoms with van der Waals surface area (Å²) in [5.74, 6) is 0. The van der Waals surface area contributed by atoms with Crippen LogP contribution in [0.5, 0.6) is 0 Å². The van der Waals surface area contributed by atoms with Gasteiger partial charge in [0.25, 0.3) is 0 Å². The van der Waals surface area contributed by atoms with E-state index in [4.69, 9.17) is 4.98 Å². The lowest BCUT2D eigenvalue weighted by atomic mass is 10.0. The summed E-state index contributed by atoms with van der Waals surface area (Å²) in [4.78, 5) is 11.7. The highest BCUT2D eigenvalue weighted by Gasteiger charge is 2.25. The molecule has 2 aromatic rings. The highest BCUT2D eigenvalue weighted by atomic mass is 15.2. The molecule has 2 aromatic heterocycles. The maximum Gasteiger partial charge on any atom is 0.0950 e. The maximum absolute atomic E-state index is 4.70. The van der Waals surface area contributed by atoms with E-state index in [0.29, 0.717) is 0 Å². The number of piperazine rings is 1. The minimum Gasteiger partial charge on any atom is -0.314 e. The minimum absolute atomic E-state index is 0.152. The second-order valence-electron chi connectivity index (χ2n) is 5.39. The van der Waals surface area contributed by atoms with Crippen LogP contribution in [0.2, 0.25) is 0 Å². The maximum atomic E-state index is 4.70. The standard InChI is InChI=1S/C17H22N4/c1-2-14-6-7-16(20-13-14)17(15-5-3-4-8-19-15)21-11-9-18-10-12-21/h3-8,13,17-18H,2,9-12H2,1H3. The fourth-order valence-electron chi connectivity index (χ4n) is 2.81. The molecule has 21 heavy (non-hydrogen) atoms. The van der Waals surface area contributed by atoms with E-state index >= 15 is 0 Å². The zero-order chi connectivity index (χ0) is 14.5. The van der Waals surface area contributed by atoms with Crippen molar-refractivity contribution >= 4 is 0 Å². The highest BCUT2D eigenvalue weighted by Crippen LogP contribution is 2.26. The first-order valence-electron chi connectivity index (χ1n) is 7.69. The molecule has 110 valence electrons. The predicted octanol–water partition coefficient (Wildman–Crippen LogP) is 2.03. The third kappa shape index (κ3) is 3.28. The molecule has 4 heteroatoms. The number of hydrogen-bond donors (Lipinski definition) is 1. The Balaban J connectivity index is 1.94. The fourth-order valence-corrected chi connectivity index (χ4v) is 2.81. The Kier molecular flexibility index (Phi) is 4.58. The lowest BCUT2D eigenvalue weighted by molar-refractivity contribution is 0.192. The lowest BCUT2D eigenvalue weighted by Crippen LogP contribution is -2.45. The van der Waals surface area contributed by atoms with E-state index in [9.17, 15) is 0 Å². The second-order valence-corrected chi connectivity index (χ2v) is 5.39. The van der Waals surface area contributed by atoms with Crippen LogP contribution in [-0.2, 0) is 6.42 Å². The number of rotatable bonds is 4. The van der Waals surface area contributed by atoms with Crippen molar-refractivity contribution in [3.63, 3.8) is 0 Å². The molecule has 3 rings (SSSR count). The van der Waals surface area contributed by atoms with Gasteiger partial charge in [-0.05, 0) is 30.2 Å². The van der Waals surface area contributed by atoms with Crippen molar-refractivity contribution in [3.8, 4) is 0 Å². The van der Waals surface area contributed by atoms with Crippen LogP contribution < -0.4 is 5.32 Å². The summed E-state index contributed by atoms with van der Waals surface area (Å²) in [6.45, 7) is 6.26. The largest absolute Gasteiger partial charge is 0.314 e. The van der Waals surface area contributed by atoms with Crippen molar-refractivity contribution in [2.24, 2.45) is 0 Å². The van der Waals surface area contributed by atoms with E-state index < -0.39 is 0 Å². The Morgan fingerprint density at radius 3 is 2.52 bits per heavy atom. The lowest BCUT2D eigenvalue weighted by Gasteiger charge is -2.34. The summed E-state index contributed by atoms with van der Waals surface area (Å²) < 4.78 is 0. The normalized spacial score (nSPS) is 17.6. The van der Waals surface area contributed by atoms with Crippen LogP contribution >= 0.6 is 0 Å². The molecule has 1 fully saturated rings. The third-order valence-corrected chi connectivity index (χ3v) is 4.02. The molecule has 1 N–H and O–H groups in total. The summed E-state index contributed by atoms with van der Waals surface area (Å²) in [5, 5.41) is 3.41. The Morgan fingerprint density at radius 2 is 1.90 bits per heavy atom. The van der Waals surface area contributed by atoms with Crippen LogP contribution in [0.25, 0.3) is 0 Å². The molecule has 0 aliphatic carbocycles. The van der Waals surface area contributed by atoms with Crippen LogP contribution in [0.1, 0.15) is 29.9 Å². The van der Waals surface area contributed by atoms with Gasteiger partial charge in [-0.15, -0.1) is 0 Å². The third-order valence-electron chi connectivity index (χ3n) is 4.02. The molecule has 1 unspecified atom stereocenters. The average molecular weight is 282 g/mol. The summed E-state index contributed by atoms with van der Waals surface area (Å²) in [7, 11) is 0.